The van der Waals surface area contributed by atoms with E-state index in [1.54, 1.807) is 4.90 Å². The number of carbonyl (C=O) groups excluding carboxylic acids is 1. The smallest absolute Gasteiger partial charge is 0.338 e. The fourth-order valence-electron chi connectivity index (χ4n) is 2.65. The van der Waals surface area contributed by atoms with Crippen LogP contribution in [0.5, 0.6) is 0 Å². The molecule has 0 bridgehead atoms. The number of rotatable bonds is 0. The van der Waals surface area contributed by atoms with E-state index in [2.05, 4.69) is 0 Å². The topological polar surface area (TPSA) is 20.3 Å². The lowest BCUT2D eigenvalue weighted by atomic mass is 9.82. The molecule has 2 rings (SSSR count). The Kier molecular flexibility index (Phi) is 3.80. The van der Waals surface area contributed by atoms with E-state index in [0.717, 1.165) is 0 Å². The van der Waals surface area contributed by atoms with Crippen LogP contribution in [0.3, 0.4) is 0 Å². The molecule has 0 atom stereocenters. The van der Waals surface area contributed by atoms with Crippen molar-refractivity contribution in [3.8, 4) is 0 Å². The molecule has 0 radical (unpaired) electrons. The van der Waals surface area contributed by atoms with Crippen molar-refractivity contribution in [2.75, 3.05) is 6.54 Å². The third-order valence-electron chi connectivity index (χ3n) is 3.95. The summed E-state index contributed by atoms with van der Waals surface area (Å²) in [6, 6.07) is 3.09. The number of nitrogens with zero attached hydrogens (tertiary/aromatic N) is 1. The van der Waals surface area contributed by atoms with Crippen LogP contribution < -0.4 is 0 Å². The van der Waals surface area contributed by atoms with Gasteiger partial charge in [0.1, 0.15) is 0 Å². The highest BCUT2D eigenvalue weighted by atomic mass is 19.4. The highest BCUT2D eigenvalue weighted by molar-refractivity contribution is 5.73. The number of fused-ring (bicyclic) bond motifs is 1. The van der Waals surface area contributed by atoms with Crippen molar-refractivity contribution in [3.63, 3.8) is 0 Å². The lowest BCUT2D eigenvalue weighted by Gasteiger charge is -2.32. The highest BCUT2D eigenvalue weighted by Gasteiger charge is 2.37. The summed E-state index contributed by atoms with van der Waals surface area (Å²) in [5.41, 5.74) is 0.698. The Balaban J connectivity index is 2.59. The van der Waals surface area contributed by atoms with Crippen molar-refractivity contribution in [2.24, 2.45) is 0 Å². The summed E-state index contributed by atoms with van der Waals surface area (Å²) < 4.78 is 40.0. The van der Waals surface area contributed by atoms with Crippen molar-refractivity contribution in [3.05, 3.63) is 34.4 Å². The zero-order valence-electron chi connectivity index (χ0n) is 12.8. The van der Waals surface area contributed by atoms with Crippen molar-refractivity contribution in [1.29, 1.82) is 0 Å². The predicted molar refractivity (Wildman–Crippen MR) is 74.9 cm³/mol. The minimum atomic E-state index is -4.36. The summed E-state index contributed by atoms with van der Waals surface area (Å²) >= 11 is 0. The predicted octanol–water partition coefficient (Wildman–Crippen LogP) is 3.91. The van der Waals surface area contributed by atoms with Crippen LogP contribution in [-0.2, 0) is 29.4 Å². The molecule has 0 saturated carbocycles. The van der Waals surface area contributed by atoms with Crippen LogP contribution in [0, 0.1) is 0 Å². The third-order valence-corrected chi connectivity index (χ3v) is 3.95. The molecular formula is C16H20F3NO. The molecule has 21 heavy (non-hydrogen) atoms. The molecule has 0 fully saturated rings. The summed E-state index contributed by atoms with van der Waals surface area (Å²) in [5, 5.41) is 0. The average Bonchev–Trinajstić information content (AvgIpc) is 2.34. The van der Waals surface area contributed by atoms with Crippen LogP contribution in [0.15, 0.2) is 12.1 Å². The van der Waals surface area contributed by atoms with Crippen LogP contribution in [0.2, 0.25) is 0 Å². The highest BCUT2D eigenvalue weighted by Crippen LogP contribution is 2.38. The summed E-state index contributed by atoms with van der Waals surface area (Å²) in [6.07, 6.45) is -4.10. The van der Waals surface area contributed by atoms with Crippen LogP contribution in [0.25, 0.3) is 0 Å². The molecule has 0 unspecified atom stereocenters. The Bertz CT molecular complexity index is 570. The van der Waals surface area contributed by atoms with Crippen molar-refractivity contribution < 1.29 is 18.0 Å². The quantitative estimate of drug-likeness (QED) is 0.711. The fraction of sp³-hybridized carbons (Fsp3) is 0.562. The number of carbonyl (C=O) groups is 1. The van der Waals surface area contributed by atoms with E-state index < -0.39 is 11.7 Å². The first kappa shape index (κ1) is 15.9. The van der Waals surface area contributed by atoms with Gasteiger partial charge in [0.2, 0.25) is 5.91 Å². The molecule has 0 N–H and O–H groups in total. The SMILES string of the molecule is CC(=O)N1CCc2c(cc(C(C)(C)C)cc2C(F)(F)F)C1. The van der Waals surface area contributed by atoms with Gasteiger partial charge >= 0.3 is 6.18 Å². The Labute approximate surface area is 122 Å². The van der Waals surface area contributed by atoms with Gasteiger partial charge in [-0.25, -0.2) is 0 Å². The number of alkyl halides is 3. The first-order valence-electron chi connectivity index (χ1n) is 6.99. The van der Waals surface area contributed by atoms with Crippen LogP contribution >= 0.6 is 0 Å². The second kappa shape index (κ2) is 5.04. The third kappa shape index (κ3) is 3.22. The van der Waals surface area contributed by atoms with E-state index in [9.17, 15) is 18.0 Å². The standard InChI is InChI=1S/C16H20F3NO/c1-10(21)20-6-5-13-11(9-20)7-12(15(2,3)4)8-14(13)16(17,18)19/h7-8H,5-6,9H2,1-4H3. The first-order valence-corrected chi connectivity index (χ1v) is 6.99. The molecule has 116 valence electrons. The summed E-state index contributed by atoms with van der Waals surface area (Å²) in [5.74, 6) is -0.102. The van der Waals surface area contributed by atoms with Gasteiger partial charge in [-0.05, 0) is 34.6 Å². The summed E-state index contributed by atoms with van der Waals surface area (Å²) in [4.78, 5) is 13.1. The molecule has 2 nitrogen and oxygen atoms in total. The Hall–Kier alpha value is -1.52. The second-order valence-electron chi connectivity index (χ2n) is 6.60. The molecule has 5 heteroatoms. The molecule has 0 saturated heterocycles. The number of benzene rings is 1. The molecule has 0 spiro atoms. The molecule has 1 aromatic carbocycles. The number of halogens is 3. The van der Waals surface area contributed by atoms with Crippen LogP contribution in [-0.4, -0.2) is 17.4 Å². The monoisotopic (exact) mass is 299 g/mol. The zero-order valence-corrected chi connectivity index (χ0v) is 12.8. The van der Waals surface area contributed by atoms with Crippen molar-refractivity contribution in [1.82, 2.24) is 4.90 Å². The number of hydrogen-bond donors (Lipinski definition) is 0. The Morgan fingerprint density at radius 1 is 1.19 bits per heavy atom. The average molecular weight is 299 g/mol. The molecule has 0 aliphatic carbocycles. The van der Waals surface area contributed by atoms with E-state index in [4.69, 9.17) is 0 Å². The first-order chi connectivity index (χ1) is 9.50. The van der Waals surface area contributed by atoms with Crippen LogP contribution in [0.4, 0.5) is 13.2 Å². The van der Waals surface area contributed by atoms with Gasteiger partial charge in [-0.3, -0.25) is 4.79 Å². The summed E-state index contributed by atoms with van der Waals surface area (Å²) in [7, 11) is 0. The molecule has 1 aliphatic rings. The van der Waals surface area contributed by atoms with E-state index in [1.165, 1.54) is 13.0 Å². The molecule has 1 amide bonds. The van der Waals surface area contributed by atoms with Gasteiger partial charge in [-0.15, -0.1) is 0 Å². The van der Waals surface area contributed by atoms with E-state index >= 15 is 0 Å². The zero-order chi connectivity index (χ0) is 16.0. The van der Waals surface area contributed by atoms with E-state index in [0.29, 0.717) is 23.2 Å². The van der Waals surface area contributed by atoms with Crippen LogP contribution in [0.1, 0.15) is 49.9 Å². The van der Waals surface area contributed by atoms with Crippen molar-refractivity contribution >= 4 is 5.91 Å². The number of amides is 1. The lowest BCUT2D eigenvalue weighted by Crippen LogP contribution is -2.35. The van der Waals surface area contributed by atoms with Gasteiger partial charge in [0.15, 0.2) is 0 Å². The number of hydrogen-bond acceptors (Lipinski definition) is 1. The largest absolute Gasteiger partial charge is 0.416 e. The van der Waals surface area contributed by atoms with Gasteiger partial charge in [0.05, 0.1) is 5.56 Å². The fourth-order valence-corrected chi connectivity index (χ4v) is 2.65. The van der Waals surface area contributed by atoms with Gasteiger partial charge in [0, 0.05) is 20.0 Å². The minimum absolute atomic E-state index is 0.102. The van der Waals surface area contributed by atoms with Gasteiger partial charge in [-0.2, -0.15) is 13.2 Å². The maximum atomic E-state index is 13.3. The van der Waals surface area contributed by atoms with Crippen molar-refractivity contribution in [2.45, 2.75) is 52.3 Å². The Morgan fingerprint density at radius 2 is 1.81 bits per heavy atom. The van der Waals surface area contributed by atoms with Gasteiger partial charge in [0.25, 0.3) is 0 Å². The molecule has 0 aromatic heterocycles. The second-order valence-corrected chi connectivity index (χ2v) is 6.60. The molecule has 1 aromatic rings. The molecular weight excluding hydrogens is 279 g/mol. The Morgan fingerprint density at radius 3 is 2.29 bits per heavy atom. The van der Waals surface area contributed by atoms with Gasteiger partial charge in [-0.1, -0.05) is 26.8 Å². The summed E-state index contributed by atoms with van der Waals surface area (Å²) in [6.45, 7) is 7.72. The maximum Gasteiger partial charge on any atom is 0.416 e. The lowest BCUT2D eigenvalue weighted by molar-refractivity contribution is -0.138. The normalized spacial score (nSPS) is 15.9. The van der Waals surface area contributed by atoms with Gasteiger partial charge < -0.3 is 4.90 Å². The molecule has 1 aliphatic heterocycles. The van der Waals surface area contributed by atoms with E-state index in [-0.39, 0.29) is 24.3 Å². The minimum Gasteiger partial charge on any atom is -0.338 e. The molecule has 1 heterocycles. The van der Waals surface area contributed by atoms with E-state index in [1.807, 2.05) is 26.8 Å². The maximum absolute atomic E-state index is 13.3.